The van der Waals surface area contributed by atoms with Crippen LogP contribution in [-0.4, -0.2) is 57.3 Å². The first-order valence-electron chi connectivity index (χ1n) is 6.59. The lowest BCUT2D eigenvalue weighted by atomic mass is 10.3. The molecule has 0 saturated heterocycles. The lowest BCUT2D eigenvalue weighted by Gasteiger charge is -2.27. The monoisotopic (exact) mass is 338 g/mol. The van der Waals surface area contributed by atoms with Crippen LogP contribution in [0.15, 0.2) is 17.2 Å². The third-order valence-electron chi connectivity index (χ3n) is 3.24. The zero-order chi connectivity index (χ0) is 16.0. The van der Waals surface area contributed by atoms with Crippen molar-refractivity contribution in [2.24, 2.45) is 7.05 Å². The minimum atomic E-state index is -3.61. The molecule has 0 amide bonds. The fraction of sp³-hybridized carbons (Fsp3) is 0.692. The van der Waals surface area contributed by atoms with Gasteiger partial charge in [0.25, 0.3) is 0 Å². The zero-order valence-electron chi connectivity index (χ0n) is 12.9. The molecule has 0 aliphatic rings. The summed E-state index contributed by atoms with van der Waals surface area (Å²) in [7, 11) is 1.25. The van der Waals surface area contributed by atoms with Gasteiger partial charge in [0, 0.05) is 45.7 Å². The Balaban J connectivity index is 3.12. The van der Waals surface area contributed by atoms with E-state index < -0.39 is 10.0 Å². The van der Waals surface area contributed by atoms with Crippen LogP contribution in [0.2, 0.25) is 0 Å². The summed E-state index contributed by atoms with van der Waals surface area (Å²) in [6.07, 6.45) is 1.58. The van der Waals surface area contributed by atoms with Gasteiger partial charge in [0.05, 0.1) is 19.1 Å². The number of hydrogen-bond donors (Lipinski definition) is 0. The summed E-state index contributed by atoms with van der Waals surface area (Å²) in [5.74, 6) is 0.262. The van der Waals surface area contributed by atoms with Crippen molar-refractivity contribution in [1.82, 2.24) is 8.87 Å². The van der Waals surface area contributed by atoms with Gasteiger partial charge in [0.15, 0.2) is 0 Å². The average Bonchev–Trinajstić information content (AvgIpc) is 2.81. The Morgan fingerprint density at radius 2 is 2.05 bits per heavy atom. The number of ether oxygens (including phenoxy) is 2. The van der Waals surface area contributed by atoms with Crippen LogP contribution in [-0.2, 0) is 32.4 Å². The van der Waals surface area contributed by atoms with Gasteiger partial charge in [0.2, 0.25) is 10.0 Å². The Hall–Kier alpha value is -0.600. The summed E-state index contributed by atoms with van der Waals surface area (Å²) < 4.78 is 38.8. The van der Waals surface area contributed by atoms with E-state index in [4.69, 9.17) is 21.1 Å². The molecule has 0 aromatic carbocycles. The van der Waals surface area contributed by atoms with Gasteiger partial charge in [-0.05, 0) is 13.0 Å². The van der Waals surface area contributed by atoms with Crippen LogP contribution >= 0.6 is 11.6 Å². The first-order chi connectivity index (χ1) is 9.88. The molecule has 0 radical (unpaired) electrons. The lowest BCUT2D eigenvalue weighted by molar-refractivity contribution is 0.119. The molecular formula is C13H23ClN2O4S. The summed E-state index contributed by atoms with van der Waals surface area (Å²) in [5, 5.41) is 0. The standard InChI is InChI=1S/C13H23ClN2O4S/c1-11(10-20-4)16(5-6-19-3)21(17,18)13-7-12(8-14)15(2)9-13/h7,9,11H,5-6,8,10H2,1-4H3. The third-order valence-corrected chi connectivity index (χ3v) is 5.49. The summed E-state index contributed by atoms with van der Waals surface area (Å²) >= 11 is 5.80. The number of aryl methyl sites for hydroxylation is 1. The van der Waals surface area contributed by atoms with Crippen LogP contribution in [0.1, 0.15) is 12.6 Å². The maximum atomic E-state index is 12.8. The fourth-order valence-corrected chi connectivity index (χ4v) is 4.03. The Morgan fingerprint density at radius 3 is 2.52 bits per heavy atom. The Morgan fingerprint density at radius 1 is 1.38 bits per heavy atom. The van der Waals surface area contributed by atoms with E-state index in [1.54, 1.807) is 38.1 Å². The molecule has 1 atom stereocenters. The van der Waals surface area contributed by atoms with E-state index >= 15 is 0 Å². The molecule has 122 valence electrons. The highest BCUT2D eigenvalue weighted by molar-refractivity contribution is 7.89. The van der Waals surface area contributed by atoms with Crippen molar-refractivity contribution in [1.29, 1.82) is 0 Å². The van der Waals surface area contributed by atoms with E-state index in [0.717, 1.165) is 5.69 Å². The number of sulfonamides is 1. The summed E-state index contributed by atoms with van der Waals surface area (Å²) in [6, 6.07) is 1.32. The summed E-state index contributed by atoms with van der Waals surface area (Å²) in [4.78, 5) is 0.236. The van der Waals surface area contributed by atoms with Gasteiger partial charge in [-0.25, -0.2) is 8.42 Å². The molecule has 0 bridgehead atoms. The van der Waals surface area contributed by atoms with Gasteiger partial charge in [-0.3, -0.25) is 0 Å². The first kappa shape index (κ1) is 18.4. The fourth-order valence-electron chi connectivity index (χ4n) is 2.07. The molecule has 0 spiro atoms. The number of methoxy groups -OCH3 is 2. The van der Waals surface area contributed by atoms with Gasteiger partial charge in [0.1, 0.15) is 4.90 Å². The lowest BCUT2D eigenvalue weighted by Crippen LogP contribution is -2.42. The Labute approximate surface area is 131 Å². The van der Waals surface area contributed by atoms with Crippen molar-refractivity contribution in [2.75, 3.05) is 34.0 Å². The molecule has 1 unspecified atom stereocenters. The van der Waals surface area contributed by atoms with Crippen molar-refractivity contribution in [3.8, 4) is 0 Å². The highest BCUT2D eigenvalue weighted by Crippen LogP contribution is 2.21. The predicted molar refractivity (Wildman–Crippen MR) is 82.1 cm³/mol. The molecular weight excluding hydrogens is 316 g/mol. The van der Waals surface area contributed by atoms with E-state index in [1.165, 1.54) is 4.31 Å². The maximum Gasteiger partial charge on any atom is 0.244 e. The van der Waals surface area contributed by atoms with Crippen LogP contribution in [0, 0.1) is 0 Å². The van der Waals surface area contributed by atoms with Gasteiger partial charge < -0.3 is 14.0 Å². The quantitative estimate of drug-likeness (QED) is 0.639. The zero-order valence-corrected chi connectivity index (χ0v) is 14.4. The SMILES string of the molecule is COCCN(C(C)COC)S(=O)(=O)c1cc(CCl)n(C)c1. The van der Waals surface area contributed by atoms with Crippen molar-refractivity contribution in [3.63, 3.8) is 0 Å². The van der Waals surface area contributed by atoms with Crippen LogP contribution in [0.25, 0.3) is 0 Å². The van der Waals surface area contributed by atoms with Crippen molar-refractivity contribution < 1.29 is 17.9 Å². The average molecular weight is 339 g/mol. The van der Waals surface area contributed by atoms with Crippen LogP contribution in [0.5, 0.6) is 0 Å². The van der Waals surface area contributed by atoms with Crippen LogP contribution in [0.4, 0.5) is 0 Å². The number of alkyl halides is 1. The maximum absolute atomic E-state index is 12.8. The third kappa shape index (κ3) is 4.43. The van der Waals surface area contributed by atoms with Crippen LogP contribution < -0.4 is 0 Å². The number of hydrogen-bond acceptors (Lipinski definition) is 4. The van der Waals surface area contributed by atoms with E-state index in [1.807, 2.05) is 6.92 Å². The van der Waals surface area contributed by atoms with Gasteiger partial charge in [-0.15, -0.1) is 11.6 Å². The largest absolute Gasteiger partial charge is 0.383 e. The number of rotatable bonds is 9. The molecule has 1 heterocycles. The molecule has 8 heteroatoms. The molecule has 0 fully saturated rings. The number of nitrogens with zero attached hydrogens (tertiary/aromatic N) is 2. The minimum absolute atomic E-state index is 0.236. The molecule has 0 aliphatic heterocycles. The van der Waals surface area contributed by atoms with E-state index in [-0.39, 0.29) is 23.4 Å². The molecule has 0 N–H and O–H groups in total. The highest BCUT2D eigenvalue weighted by Gasteiger charge is 2.30. The molecule has 6 nitrogen and oxygen atoms in total. The Bertz CT molecular complexity index is 544. The summed E-state index contributed by atoms with van der Waals surface area (Å²) in [5.41, 5.74) is 0.751. The second-order valence-electron chi connectivity index (χ2n) is 4.82. The van der Waals surface area contributed by atoms with Crippen molar-refractivity contribution in [3.05, 3.63) is 18.0 Å². The van der Waals surface area contributed by atoms with E-state index in [2.05, 4.69) is 0 Å². The number of halogens is 1. The van der Waals surface area contributed by atoms with Crippen LogP contribution in [0.3, 0.4) is 0 Å². The topological polar surface area (TPSA) is 60.8 Å². The van der Waals surface area contributed by atoms with Crippen molar-refractivity contribution in [2.45, 2.75) is 23.7 Å². The molecule has 0 aliphatic carbocycles. The molecule has 1 aromatic heterocycles. The van der Waals surface area contributed by atoms with Gasteiger partial charge in [-0.2, -0.15) is 4.31 Å². The highest BCUT2D eigenvalue weighted by atomic mass is 35.5. The second-order valence-corrected chi connectivity index (χ2v) is 6.98. The molecule has 0 saturated carbocycles. The first-order valence-corrected chi connectivity index (χ1v) is 8.56. The minimum Gasteiger partial charge on any atom is -0.383 e. The summed E-state index contributed by atoms with van der Waals surface area (Å²) in [6.45, 7) is 2.72. The van der Waals surface area contributed by atoms with E-state index in [9.17, 15) is 8.42 Å². The Kier molecular flexibility index (Phi) is 7.15. The normalized spacial score (nSPS) is 13.8. The van der Waals surface area contributed by atoms with E-state index in [0.29, 0.717) is 13.2 Å². The molecule has 21 heavy (non-hydrogen) atoms. The molecule has 1 rings (SSSR count). The van der Waals surface area contributed by atoms with Crippen molar-refractivity contribution >= 4 is 21.6 Å². The number of aromatic nitrogens is 1. The molecule has 1 aromatic rings. The predicted octanol–water partition coefficient (Wildman–Crippen LogP) is 1.44. The second kappa shape index (κ2) is 8.14. The smallest absolute Gasteiger partial charge is 0.244 e. The van der Waals surface area contributed by atoms with Gasteiger partial charge in [-0.1, -0.05) is 0 Å². The van der Waals surface area contributed by atoms with Gasteiger partial charge >= 0.3 is 0 Å².